The quantitative estimate of drug-likeness (QED) is 0.780. The smallest absolute Gasteiger partial charge is 0.329 e. The van der Waals surface area contributed by atoms with Crippen LogP contribution in [-0.2, 0) is 9.59 Å². The van der Waals surface area contributed by atoms with E-state index in [9.17, 15) is 14.7 Å². The molecule has 1 unspecified atom stereocenters. The largest absolute Gasteiger partial charge is 0.480 e. The molecule has 1 heterocycles. The number of rotatable bonds is 4. The van der Waals surface area contributed by atoms with Crippen LogP contribution in [-0.4, -0.2) is 44.6 Å². The number of hydrazone groups is 1. The van der Waals surface area contributed by atoms with Gasteiger partial charge in [-0.2, -0.15) is 17.7 Å². The van der Waals surface area contributed by atoms with Crippen LogP contribution in [0.1, 0.15) is 38.5 Å². The molecule has 112 valence electrons. The average molecular weight is 316 g/mol. The lowest BCUT2D eigenvalue weighted by Crippen LogP contribution is -2.47. The van der Waals surface area contributed by atoms with Gasteiger partial charge in [0.05, 0.1) is 5.04 Å². The number of thiol groups is 1. The topological polar surface area (TPSA) is 70.0 Å². The Balaban J connectivity index is 2.15. The highest BCUT2D eigenvalue weighted by Gasteiger charge is 2.35. The minimum Gasteiger partial charge on any atom is -0.480 e. The highest BCUT2D eigenvalue weighted by atomic mass is 32.2. The Kier molecular flexibility index (Phi) is 5.77. The molecule has 5 nitrogen and oxygen atoms in total. The predicted octanol–water partition coefficient (Wildman–Crippen LogP) is 2.23. The summed E-state index contributed by atoms with van der Waals surface area (Å²) in [5.41, 5.74) is 0. The minimum absolute atomic E-state index is 0.221. The second-order valence-corrected chi connectivity index (χ2v) is 6.64. The van der Waals surface area contributed by atoms with E-state index in [1.807, 2.05) is 0 Å². The summed E-state index contributed by atoms with van der Waals surface area (Å²) < 4.78 is 0. The molecule has 0 spiro atoms. The third kappa shape index (κ3) is 3.69. The van der Waals surface area contributed by atoms with Gasteiger partial charge >= 0.3 is 5.97 Å². The van der Waals surface area contributed by atoms with E-state index in [1.165, 1.54) is 36.0 Å². The van der Waals surface area contributed by atoms with E-state index in [0.29, 0.717) is 17.4 Å². The van der Waals surface area contributed by atoms with Crippen molar-refractivity contribution in [3.8, 4) is 0 Å². The van der Waals surface area contributed by atoms with Crippen molar-refractivity contribution < 1.29 is 14.7 Å². The van der Waals surface area contributed by atoms with Gasteiger partial charge in [-0.3, -0.25) is 4.79 Å². The summed E-state index contributed by atoms with van der Waals surface area (Å²) in [6.07, 6.45) is 6.05. The highest BCUT2D eigenvalue weighted by Crippen LogP contribution is 2.32. The summed E-state index contributed by atoms with van der Waals surface area (Å²) in [6, 6.07) is -0.847. The van der Waals surface area contributed by atoms with Crippen molar-refractivity contribution in [2.45, 2.75) is 44.6 Å². The first-order valence-electron chi connectivity index (χ1n) is 7.00. The third-order valence-corrected chi connectivity index (χ3v) is 5.13. The normalized spacial score (nSPS) is 24.4. The van der Waals surface area contributed by atoms with Gasteiger partial charge in [-0.1, -0.05) is 19.3 Å². The molecule has 0 aromatic carbocycles. The van der Waals surface area contributed by atoms with E-state index in [4.69, 9.17) is 0 Å². The molecule has 20 heavy (non-hydrogen) atoms. The van der Waals surface area contributed by atoms with Gasteiger partial charge in [0.25, 0.3) is 0 Å². The predicted molar refractivity (Wildman–Crippen MR) is 83.2 cm³/mol. The molecule has 0 aromatic rings. The molecule has 1 saturated carbocycles. The molecule has 2 rings (SSSR count). The SMILES string of the molecule is O=C(O)C1CSC(C2CCCCC2)=NN1C(=O)CCS. The van der Waals surface area contributed by atoms with Crippen LogP contribution in [0.25, 0.3) is 0 Å². The number of carboxylic acid groups (broad SMARTS) is 1. The summed E-state index contributed by atoms with van der Waals surface area (Å²) in [6.45, 7) is 0. The zero-order chi connectivity index (χ0) is 14.5. The third-order valence-electron chi connectivity index (χ3n) is 3.71. The molecule has 0 radical (unpaired) electrons. The molecular formula is C13H20N2O3S2. The molecule has 0 aromatic heterocycles. The maximum atomic E-state index is 12.0. The number of hydrogen-bond donors (Lipinski definition) is 2. The Bertz CT molecular complexity index is 408. The monoisotopic (exact) mass is 316 g/mol. The summed E-state index contributed by atoms with van der Waals surface area (Å²) in [4.78, 5) is 23.3. The summed E-state index contributed by atoms with van der Waals surface area (Å²) in [5, 5.41) is 15.7. The lowest BCUT2D eigenvalue weighted by Gasteiger charge is -2.32. The fourth-order valence-corrected chi connectivity index (χ4v) is 4.03. The molecule has 1 amide bonds. The first kappa shape index (κ1) is 15.7. The molecule has 2 aliphatic rings. The van der Waals surface area contributed by atoms with E-state index >= 15 is 0 Å². The van der Waals surface area contributed by atoms with Gasteiger partial charge in [0.1, 0.15) is 0 Å². The lowest BCUT2D eigenvalue weighted by molar-refractivity contribution is -0.149. The Morgan fingerprint density at radius 2 is 2.05 bits per heavy atom. The van der Waals surface area contributed by atoms with Crippen molar-refractivity contribution in [2.75, 3.05) is 11.5 Å². The van der Waals surface area contributed by atoms with Gasteiger partial charge in [-0.05, 0) is 18.6 Å². The summed E-state index contributed by atoms with van der Waals surface area (Å²) in [5.74, 6) is -0.0428. The van der Waals surface area contributed by atoms with Gasteiger partial charge in [0.2, 0.25) is 5.91 Å². The van der Waals surface area contributed by atoms with Crippen LogP contribution in [0.4, 0.5) is 0 Å². The van der Waals surface area contributed by atoms with Crippen LogP contribution in [0, 0.1) is 5.92 Å². The Morgan fingerprint density at radius 3 is 2.65 bits per heavy atom. The molecule has 0 saturated heterocycles. The van der Waals surface area contributed by atoms with Crippen molar-refractivity contribution in [1.29, 1.82) is 0 Å². The average Bonchev–Trinajstić information content (AvgIpc) is 2.47. The number of carbonyl (C=O) groups excluding carboxylic acids is 1. The zero-order valence-electron chi connectivity index (χ0n) is 11.3. The van der Waals surface area contributed by atoms with Crippen molar-refractivity contribution in [3.05, 3.63) is 0 Å². The molecule has 1 N–H and O–H groups in total. The number of amides is 1. The van der Waals surface area contributed by atoms with E-state index in [2.05, 4.69) is 17.7 Å². The van der Waals surface area contributed by atoms with Crippen LogP contribution >= 0.6 is 24.4 Å². The van der Waals surface area contributed by atoms with E-state index in [1.54, 1.807) is 0 Å². The van der Waals surface area contributed by atoms with E-state index < -0.39 is 12.0 Å². The first-order chi connectivity index (χ1) is 9.63. The minimum atomic E-state index is -0.989. The fourth-order valence-electron chi connectivity index (χ4n) is 2.60. The van der Waals surface area contributed by atoms with E-state index in [0.717, 1.165) is 17.9 Å². The summed E-state index contributed by atoms with van der Waals surface area (Å²) in [7, 11) is 0. The number of carbonyl (C=O) groups is 2. The van der Waals surface area contributed by atoms with Gasteiger partial charge in [-0.25, -0.2) is 9.80 Å². The molecule has 1 fully saturated rings. The number of nitrogens with zero attached hydrogens (tertiary/aromatic N) is 2. The molecule has 1 aliphatic carbocycles. The Labute approximate surface area is 128 Å². The maximum absolute atomic E-state index is 12.0. The molecule has 1 atom stereocenters. The summed E-state index contributed by atoms with van der Waals surface area (Å²) >= 11 is 5.54. The molecule has 7 heteroatoms. The number of hydrogen-bond acceptors (Lipinski definition) is 5. The lowest BCUT2D eigenvalue weighted by atomic mass is 9.90. The van der Waals surface area contributed by atoms with Gasteiger partial charge in [0, 0.05) is 18.1 Å². The van der Waals surface area contributed by atoms with Gasteiger partial charge in [0.15, 0.2) is 6.04 Å². The van der Waals surface area contributed by atoms with Crippen LogP contribution < -0.4 is 0 Å². The van der Waals surface area contributed by atoms with Gasteiger partial charge < -0.3 is 5.11 Å². The van der Waals surface area contributed by atoms with Crippen LogP contribution in [0.15, 0.2) is 5.10 Å². The standard InChI is InChI=1S/C13H20N2O3S2/c16-11(6-7-19)15-10(13(17)18)8-20-12(14-15)9-4-2-1-3-5-9/h9-10,19H,1-8H2,(H,17,18). The van der Waals surface area contributed by atoms with Crippen molar-refractivity contribution >= 4 is 41.3 Å². The van der Waals surface area contributed by atoms with Crippen molar-refractivity contribution in [1.82, 2.24) is 5.01 Å². The fraction of sp³-hybridized carbons (Fsp3) is 0.769. The van der Waals surface area contributed by atoms with Crippen molar-refractivity contribution in [3.63, 3.8) is 0 Å². The second-order valence-electron chi connectivity index (χ2n) is 5.15. The van der Waals surface area contributed by atoms with Crippen LogP contribution in [0.3, 0.4) is 0 Å². The maximum Gasteiger partial charge on any atom is 0.329 e. The van der Waals surface area contributed by atoms with Gasteiger partial charge in [-0.15, -0.1) is 11.8 Å². The Hall–Kier alpha value is -0.690. The first-order valence-corrected chi connectivity index (χ1v) is 8.62. The number of thioether (sulfide) groups is 1. The van der Waals surface area contributed by atoms with Crippen LogP contribution in [0.2, 0.25) is 0 Å². The Morgan fingerprint density at radius 1 is 1.35 bits per heavy atom. The number of carboxylic acids is 1. The molecule has 1 aliphatic heterocycles. The zero-order valence-corrected chi connectivity index (χ0v) is 13.0. The highest BCUT2D eigenvalue weighted by molar-refractivity contribution is 8.14. The number of aliphatic carboxylic acids is 1. The molecule has 0 bridgehead atoms. The van der Waals surface area contributed by atoms with E-state index in [-0.39, 0.29) is 12.3 Å². The second kappa shape index (κ2) is 7.36. The molecular weight excluding hydrogens is 296 g/mol. The van der Waals surface area contributed by atoms with Crippen molar-refractivity contribution in [2.24, 2.45) is 11.0 Å². The van der Waals surface area contributed by atoms with Crippen LogP contribution in [0.5, 0.6) is 0 Å².